The standard InChI is InChI=1S/C21H15N3O/c25-21(17-11-5-2-6-12-17)23-24-15-18-13-7-8-14-19(18)20(22-24)16-9-3-1-4-10-16/h1-15H/p+1. The van der Waals surface area contributed by atoms with Gasteiger partial charge in [-0.25, -0.2) is 0 Å². The Morgan fingerprint density at radius 3 is 2.20 bits per heavy atom. The maximum atomic E-state index is 12.4. The molecule has 4 aromatic rings. The average Bonchev–Trinajstić information content (AvgIpc) is 2.68. The SMILES string of the molecule is O=C(N[n+]1cc2ccccc2c(-c2ccccc2)n1)c1ccccc1. The molecule has 0 saturated heterocycles. The molecule has 0 aliphatic heterocycles. The number of amides is 1. The predicted octanol–water partition coefficient (Wildman–Crippen LogP) is 3.57. The molecule has 1 N–H and O–H groups in total. The van der Waals surface area contributed by atoms with E-state index in [0.717, 1.165) is 22.0 Å². The first-order valence-corrected chi connectivity index (χ1v) is 8.05. The number of hydrogen-bond acceptors (Lipinski definition) is 2. The molecular weight excluding hydrogens is 310 g/mol. The van der Waals surface area contributed by atoms with Crippen LogP contribution in [0.3, 0.4) is 0 Å². The molecule has 0 radical (unpaired) electrons. The quantitative estimate of drug-likeness (QED) is 0.585. The van der Waals surface area contributed by atoms with Gasteiger partial charge in [-0.2, -0.15) is 0 Å². The molecule has 0 atom stereocenters. The minimum absolute atomic E-state index is 0.201. The van der Waals surface area contributed by atoms with Gasteiger partial charge in [-0.15, -0.1) is 0 Å². The molecule has 1 amide bonds. The zero-order chi connectivity index (χ0) is 17.1. The van der Waals surface area contributed by atoms with Crippen molar-refractivity contribution in [2.75, 3.05) is 5.43 Å². The second-order valence-electron chi connectivity index (χ2n) is 5.68. The summed E-state index contributed by atoms with van der Waals surface area (Å²) in [5.41, 5.74) is 5.24. The number of aromatic nitrogens is 2. The highest BCUT2D eigenvalue weighted by Crippen LogP contribution is 2.24. The van der Waals surface area contributed by atoms with E-state index >= 15 is 0 Å². The van der Waals surface area contributed by atoms with Crippen LogP contribution in [0, 0.1) is 0 Å². The molecule has 1 heterocycles. The van der Waals surface area contributed by atoms with E-state index in [-0.39, 0.29) is 5.91 Å². The Kier molecular flexibility index (Phi) is 3.92. The Hall–Kier alpha value is -3.53. The van der Waals surface area contributed by atoms with E-state index in [9.17, 15) is 4.79 Å². The van der Waals surface area contributed by atoms with Gasteiger partial charge in [0.05, 0.1) is 5.39 Å². The second-order valence-corrected chi connectivity index (χ2v) is 5.68. The van der Waals surface area contributed by atoms with Crippen molar-refractivity contribution in [3.05, 3.63) is 96.7 Å². The van der Waals surface area contributed by atoms with Crippen LogP contribution in [0.4, 0.5) is 0 Å². The molecule has 0 saturated carbocycles. The van der Waals surface area contributed by atoms with Gasteiger partial charge in [0.15, 0.2) is 0 Å². The first-order valence-electron chi connectivity index (χ1n) is 8.05. The van der Waals surface area contributed by atoms with Crippen molar-refractivity contribution in [3.63, 3.8) is 0 Å². The summed E-state index contributed by atoms with van der Waals surface area (Å²) in [6.45, 7) is 0. The minimum Gasteiger partial charge on any atom is -0.263 e. The molecule has 25 heavy (non-hydrogen) atoms. The Morgan fingerprint density at radius 2 is 1.44 bits per heavy atom. The molecule has 0 bridgehead atoms. The summed E-state index contributed by atoms with van der Waals surface area (Å²) in [7, 11) is 0. The highest BCUT2D eigenvalue weighted by Gasteiger charge is 2.17. The molecule has 120 valence electrons. The van der Waals surface area contributed by atoms with Crippen molar-refractivity contribution in [2.45, 2.75) is 0 Å². The summed E-state index contributed by atoms with van der Waals surface area (Å²) in [6.07, 6.45) is 1.82. The van der Waals surface area contributed by atoms with Crippen molar-refractivity contribution >= 4 is 16.7 Å². The monoisotopic (exact) mass is 326 g/mol. The Balaban J connectivity index is 1.79. The van der Waals surface area contributed by atoms with E-state index in [2.05, 4.69) is 10.5 Å². The zero-order valence-corrected chi connectivity index (χ0v) is 13.5. The van der Waals surface area contributed by atoms with Crippen molar-refractivity contribution in [3.8, 4) is 11.3 Å². The van der Waals surface area contributed by atoms with Gasteiger partial charge >= 0.3 is 5.91 Å². The number of rotatable bonds is 3. The van der Waals surface area contributed by atoms with Crippen molar-refractivity contribution < 1.29 is 9.59 Å². The molecule has 0 aliphatic carbocycles. The fourth-order valence-electron chi connectivity index (χ4n) is 2.77. The lowest BCUT2D eigenvalue weighted by Gasteiger charge is -2.05. The summed E-state index contributed by atoms with van der Waals surface area (Å²) >= 11 is 0. The molecule has 0 unspecified atom stereocenters. The summed E-state index contributed by atoms with van der Waals surface area (Å²) < 4.78 is 0. The predicted molar refractivity (Wildman–Crippen MR) is 97.5 cm³/mol. The maximum absolute atomic E-state index is 12.4. The highest BCUT2D eigenvalue weighted by molar-refractivity contribution is 5.99. The van der Waals surface area contributed by atoms with Crippen molar-refractivity contribution in [1.29, 1.82) is 0 Å². The largest absolute Gasteiger partial charge is 0.307 e. The van der Waals surface area contributed by atoms with E-state index in [1.807, 2.05) is 79.0 Å². The zero-order valence-electron chi connectivity index (χ0n) is 13.5. The third kappa shape index (κ3) is 3.10. The van der Waals surface area contributed by atoms with Gasteiger partial charge in [-0.1, -0.05) is 72.2 Å². The van der Waals surface area contributed by atoms with Crippen LogP contribution in [0.25, 0.3) is 22.0 Å². The molecule has 4 heteroatoms. The van der Waals surface area contributed by atoms with Crippen LogP contribution in [0.5, 0.6) is 0 Å². The fourth-order valence-corrected chi connectivity index (χ4v) is 2.77. The van der Waals surface area contributed by atoms with Gasteiger partial charge in [0.25, 0.3) is 0 Å². The Labute approximate surface area is 145 Å². The molecule has 4 nitrogen and oxygen atoms in total. The topological polar surface area (TPSA) is 45.9 Å². The molecule has 3 aromatic carbocycles. The number of carbonyl (C=O) groups is 1. The van der Waals surface area contributed by atoms with E-state index in [1.54, 1.807) is 12.1 Å². The van der Waals surface area contributed by atoms with Crippen molar-refractivity contribution in [1.82, 2.24) is 5.10 Å². The van der Waals surface area contributed by atoms with Crippen LogP contribution in [0.2, 0.25) is 0 Å². The van der Waals surface area contributed by atoms with Gasteiger partial charge in [-0.05, 0) is 18.2 Å². The van der Waals surface area contributed by atoms with Gasteiger partial charge < -0.3 is 0 Å². The number of carbonyl (C=O) groups excluding carboxylic acids is 1. The lowest BCUT2D eigenvalue weighted by atomic mass is 10.1. The highest BCUT2D eigenvalue weighted by atomic mass is 16.2. The van der Waals surface area contributed by atoms with Crippen LogP contribution in [-0.4, -0.2) is 11.0 Å². The first-order chi connectivity index (χ1) is 12.3. The summed E-state index contributed by atoms with van der Waals surface area (Å²) in [6, 6.07) is 27.1. The van der Waals surface area contributed by atoms with Crippen LogP contribution in [0.1, 0.15) is 10.4 Å². The van der Waals surface area contributed by atoms with E-state index in [0.29, 0.717) is 5.56 Å². The summed E-state index contributed by atoms with van der Waals surface area (Å²) in [4.78, 5) is 13.9. The van der Waals surface area contributed by atoms with E-state index in [4.69, 9.17) is 0 Å². The first kappa shape index (κ1) is 15.0. The van der Waals surface area contributed by atoms with Gasteiger partial charge in [-0.3, -0.25) is 4.79 Å². The minimum atomic E-state index is -0.201. The van der Waals surface area contributed by atoms with Gasteiger partial charge in [0.2, 0.25) is 6.20 Å². The van der Waals surface area contributed by atoms with E-state index < -0.39 is 0 Å². The summed E-state index contributed by atoms with van der Waals surface area (Å²) in [5, 5.41) is 6.67. The van der Waals surface area contributed by atoms with Crippen LogP contribution in [0.15, 0.2) is 91.1 Å². The average molecular weight is 326 g/mol. The van der Waals surface area contributed by atoms with Crippen molar-refractivity contribution in [2.24, 2.45) is 0 Å². The van der Waals surface area contributed by atoms with Crippen LogP contribution >= 0.6 is 0 Å². The molecule has 1 aromatic heterocycles. The Bertz CT molecular complexity index is 1030. The van der Waals surface area contributed by atoms with E-state index in [1.165, 1.54) is 4.79 Å². The fraction of sp³-hybridized carbons (Fsp3) is 0. The van der Waals surface area contributed by atoms with Crippen LogP contribution in [-0.2, 0) is 0 Å². The molecular formula is C21H16N3O+. The van der Waals surface area contributed by atoms with Gasteiger partial charge in [0, 0.05) is 26.4 Å². The third-order valence-corrected chi connectivity index (χ3v) is 3.98. The molecule has 4 rings (SSSR count). The van der Waals surface area contributed by atoms with Gasteiger partial charge in [0.1, 0.15) is 5.69 Å². The maximum Gasteiger partial charge on any atom is 0.307 e. The molecule has 0 spiro atoms. The Morgan fingerprint density at radius 1 is 0.800 bits per heavy atom. The smallest absolute Gasteiger partial charge is 0.263 e. The number of benzene rings is 3. The molecule has 0 fully saturated rings. The number of nitrogens with zero attached hydrogens (tertiary/aromatic N) is 2. The normalized spacial score (nSPS) is 10.6. The number of nitrogens with one attached hydrogen (secondary N) is 1. The lowest BCUT2D eigenvalue weighted by molar-refractivity contribution is -0.700. The molecule has 0 aliphatic rings. The third-order valence-electron chi connectivity index (χ3n) is 3.98. The number of hydrogen-bond donors (Lipinski definition) is 1. The van der Waals surface area contributed by atoms with Crippen LogP contribution < -0.4 is 10.2 Å². The lowest BCUT2D eigenvalue weighted by Crippen LogP contribution is -2.51. The second kappa shape index (κ2) is 6.53. The number of fused-ring (bicyclic) bond motifs is 1. The summed E-state index contributed by atoms with van der Waals surface area (Å²) in [5.74, 6) is -0.201.